The molecule has 0 saturated heterocycles. The summed E-state index contributed by atoms with van der Waals surface area (Å²) in [7, 11) is -7.87. The van der Waals surface area contributed by atoms with Gasteiger partial charge in [0.1, 0.15) is 5.82 Å². The second kappa shape index (κ2) is 11.3. The number of guanidine groups is 1. The first-order valence-corrected chi connectivity index (χ1v) is 16.0. The zero-order valence-electron chi connectivity index (χ0n) is 21.2. The van der Waals surface area contributed by atoms with Gasteiger partial charge in [0.2, 0.25) is 16.0 Å². The van der Waals surface area contributed by atoms with Crippen LogP contribution in [0.25, 0.3) is 0 Å². The Labute approximate surface area is 237 Å². The van der Waals surface area contributed by atoms with Crippen molar-refractivity contribution in [2.24, 2.45) is 15.2 Å². The summed E-state index contributed by atoms with van der Waals surface area (Å²) in [5, 5.41) is 11.2. The SMILES string of the molecule is NS(=O)(=O)[C@H]1CC[C@H](/N=C(\NS(=O)(=O)c2ccc(Cl)cc2)N2C[C@@H](c3ccccc3)C(c3ccc(F)cc3)=N2)C1. The minimum Gasteiger partial charge on any atom is -0.248 e. The summed E-state index contributed by atoms with van der Waals surface area (Å²) in [6, 6.07) is 20.7. The summed E-state index contributed by atoms with van der Waals surface area (Å²) < 4.78 is 66.9. The molecule has 40 heavy (non-hydrogen) atoms. The molecule has 2 aliphatic rings. The van der Waals surface area contributed by atoms with Gasteiger partial charge in [-0.2, -0.15) is 5.10 Å². The standard InChI is InChI=1S/C27H27ClFN5O4S2/c28-20-8-13-23(14-9-20)40(37,38)33-27(31-22-12-15-24(16-22)39(30,35)36)34-17-25(18-4-2-1-3-5-18)26(32-34)19-6-10-21(29)11-7-19/h1-11,13-14,22,24-25H,12,15-17H2,(H,31,33)(H2,30,35,36)/t22-,24-,25-/m0/s1. The van der Waals surface area contributed by atoms with E-state index in [2.05, 4.69) is 9.71 Å². The van der Waals surface area contributed by atoms with Crippen LogP contribution in [0.15, 0.2) is 93.9 Å². The normalized spacial score (nSPS) is 21.9. The highest BCUT2D eigenvalue weighted by molar-refractivity contribution is 7.90. The van der Waals surface area contributed by atoms with Crippen LogP contribution in [0, 0.1) is 5.82 Å². The molecule has 3 N–H and O–H groups in total. The number of nitrogens with one attached hydrogen (secondary N) is 1. The molecule has 0 spiro atoms. The number of hydrogen-bond acceptors (Lipinski definition) is 6. The number of hydrogen-bond donors (Lipinski definition) is 2. The Morgan fingerprint density at radius 1 is 0.975 bits per heavy atom. The van der Waals surface area contributed by atoms with E-state index in [0.717, 1.165) is 5.56 Å². The number of nitrogens with zero attached hydrogens (tertiary/aromatic N) is 3. The van der Waals surface area contributed by atoms with Gasteiger partial charge in [0.25, 0.3) is 10.0 Å². The topological polar surface area (TPSA) is 134 Å². The molecule has 1 heterocycles. The molecule has 13 heteroatoms. The molecule has 0 unspecified atom stereocenters. The molecule has 0 aromatic heterocycles. The third kappa shape index (κ3) is 6.35. The van der Waals surface area contributed by atoms with Crippen LogP contribution in [0.1, 0.15) is 36.3 Å². The zero-order chi connectivity index (χ0) is 28.5. The molecule has 5 rings (SSSR count). The number of nitrogens with two attached hydrogens (primary N) is 1. The van der Waals surface area contributed by atoms with Crippen LogP contribution < -0.4 is 9.86 Å². The number of aliphatic imine (C=N–C) groups is 1. The van der Waals surface area contributed by atoms with Gasteiger partial charge in [-0.15, -0.1) is 0 Å². The fraction of sp³-hybridized carbons (Fsp3) is 0.259. The molecule has 1 aliphatic heterocycles. The first-order valence-electron chi connectivity index (χ1n) is 12.5. The quantitative estimate of drug-likeness (QED) is 0.326. The fourth-order valence-corrected chi connectivity index (χ4v) is 7.00. The average molecular weight is 604 g/mol. The van der Waals surface area contributed by atoms with Crippen molar-refractivity contribution in [3.63, 3.8) is 0 Å². The van der Waals surface area contributed by atoms with Gasteiger partial charge >= 0.3 is 0 Å². The van der Waals surface area contributed by atoms with Crippen molar-refractivity contribution in [2.75, 3.05) is 6.54 Å². The van der Waals surface area contributed by atoms with Gasteiger partial charge < -0.3 is 0 Å². The Morgan fingerprint density at radius 2 is 1.65 bits per heavy atom. The highest BCUT2D eigenvalue weighted by atomic mass is 35.5. The van der Waals surface area contributed by atoms with Crippen molar-refractivity contribution < 1.29 is 21.2 Å². The summed E-state index contributed by atoms with van der Waals surface area (Å²) in [6.07, 6.45) is 0.897. The number of sulfonamides is 2. The van der Waals surface area contributed by atoms with Crippen molar-refractivity contribution in [2.45, 2.75) is 41.4 Å². The summed E-state index contributed by atoms with van der Waals surface area (Å²) >= 11 is 5.95. The van der Waals surface area contributed by atoms with Crippen LogP contribution in [0.5, 0.6) is 0 Å². The largest absolute Gasteiger partial charge is 0.264 e. The van der Waals surface area contributed by atoms with Crippen LogP contribution >= 0.6 is 11.6 Å². The van der Waals surface area contributed by atoms with Gasteiger partial charge in [0, 0.05) is 10.9 Å². The number of halogens is 2. The summed E-state index contributed by atoms with van der Waals surface area (Å²) in [6.45, 7) is 0.240. The third-order valence-corrected chi connectivity index (χ3v) is 9.93. The number of hydrazone groups is 1. The molecule has 3 aromatic carbocycles. The molecule has 9 nitrogen and oxygen atoms in total. The van der Waals surface area contributed by atoms with Crippen LogP contribution in [0.4, 0.5) is 4.39 Å². The van der Waals surface area contributed by atoms with E-state index >= 15 is 0 Å². The smallest absolute Gasteiger partial charge is 0.248 e. The van der Waals surface area contributed by atoms with E-state index in [1.165, 1.54) is 41.4 Å². The minimum absolute atomic E-state index is 0.0278. The van der Waals surface area contributed by atoms with Gasteiger partial charge in [-0.25, -0.2) is 41.1 Å². The predicted octanol–water partition coefficient (Wildman–Crippen LogP) is 3.83. The zero-order valence-corrected chi connectivity index (χ0v) is 23.6. The van der Waals surface area contributed by atoms with Crippen LogP contribution in [0.3, 0.4) is 0 Å². The predicted molar refractivity (Wildman–Crippen MR) is 153 cm³/mol. The Morgan fingerprint density at radius 3 is 2.27 bits per heavy atom. The van der Waals surface area contributed by atoms with Gasteiger partial charge in [0.15, 0.2) is 0 Å². The van der Waals surface area contributed by atoms with Gasteiger partial charge in [-0.1, -0.05) is 54.1 Å². The van der Waals surface area contributed by atoms with Gasteiger partial charge in [-0.05, 0) is 66.8 Å². The average Bonchev–Trinajstić information content (AvgIpc) is 3.57. The van der Waals surface area contributed by atoms with Gasteiger partial charge in [-0.3, -0.25) is 0 Å². The Balaban J connectivity index is 1.55. The maximum absolute atomic E-state index is 13.7. The monoisotopic (exact) mass is 603 g/mol. The lowest BCUT2D eigenvalue weighted by Crippen LogP contribution is -2.42. The molecule has 1 fully saturated rings. The van der Waals surface area contributed by atoms with Crippen molar-refractivity contribution in [1.82, 2.24) is 9.73 Å². The molecule has 0 amide bonds. The van der Waals surface area contributed by atoms with Crippen molar-refractivity contribution in [3.8, 4) is 0 Å². The molecular weight excluding hydrogens is 577 g/mol. The molecule has 3 atom stereocenters. The molecule has 1 saturated carbocycles. The molecular formula is C27H27ClFN5O4S2. The molecule has 1 aliphatic carbocycles. The van der Waals surface area contributed by atoms with Gasteiger partial charge in [0.05, 0.1) is 28.4 Å². The van der Waals surface area contributed by atoms with Crippen molar-refractivity contribution >= 4 is 43.3 Å². The lowest BCUT2D eigenvalue weighted by Gasteiger charge is -2.21. The Bertz CT molecular complexity index is 1650. The van der Waals surface area contributed by atoms with Crippen molar-refractivity contribution in [3.05, 3.63) is 101 Å². The number of benzene rings is 3. The molecule has 210 valence electrons. The van der Waals surface area contributed by atoms with E-state index in [1.54, 1.807) is 12.1 Å². The molecule has 3 aromatic rings. The number of primary sulfonamides is 1. The minimum atomic E-state index is -4.11. The lowest BCUT2D eigenvalue weighted by molar-refractivity contribution is 0.456. The first kappa shape index (κ1) is 28.2. The van der Waals surface area contributed by atoms with E-state index in [0.29, 0.717) is 29.1 Å². The summed E-state index contributed by atoms with van der Waals surface area (Å²) in [5.74, 6) is -0.718. The highest BCUT2D eigenvalue weighted by Gasteiger charge is 2.36. The number of rotatable bonds is 6. The van der Waals surface area contributed by atoms with E-state index < -0.39 is 31.3 Å². The van der Waals surface area contributed by atoms with Crippen LogP contribution in [-0.2, 0) is 20.0 Å². The second-order valence-corrected chi connectivity index (χ2v) is 13.7. The maximum Gasteiger partial charge on any atom is 0.264 e. The van der Waals surface area contributed by atoms with Crippen LogP contribution in [0.2, 0.25) is 5.02 Å². The lowest BCUT2D eigenvalue weighted by atomic mass is 9.91. The second-order valence-electron chi connectivity index (χ2n) is 9.73. The summed E-state index contributed by atoms with van der Waals surface area (Å²) in [5.41, 5.74) is 2.22. The molecule has 0 radical (unpaired) electrons. The summed E-state index contributed by atoms with van der Waals surface area (Å²) in [4.78, 5) is 4.63. The third-order valence-electron chi connectivity index (χ3n) is 6.98. The Kier molecular flexibility index (Phi) is 7.96. The first-order chi connectivity index (χ1) is 19.0. The van der Waals surface area contributed by atoms with Crippen molar-refractivity contribution in [1.29, 1.82) is 0 Å². The maximum atomic E-state index is 13.7. The van der Waals surface area contributed by atoms with E-state index in [-0.39, 0.29) is 35.6 Å². The van der Waals surface area contributed by atoms with E-state index in [1.807, 2.05) is 30.3 Å². The molecule has 0 bridgehead atoms. The Hall–Kier alpha value is -3.32. The fourth-order valence-electron chi connectivity index (χ4n) is 4.91. The van der Waals surface area contributed by atoms with E-state index in [9.17, 15) is 21.2 Å². The highest BCUT2D eigenvalue weighted by Crippen LogP contribution is 2.31. The van der Waals surface area contributed by atoms with E-state index in [4.69, 9.17) is 21.8 Å². The van der Waals surface area contributed by atoms with Crippen LogP contribution in [-0.4, -0.2) is 51.4 Å².